The Hall–Kier alpha value is -2.92. The van der Waals surface area contributed by atoms with Gasteiger partial charge < -0.3 is 9.47 Å². The summed E-state index contributed by atoms with van der Waals surface area (Å²) in [5.74, 6) is -2.60. The van der Waals surface area contributed by atoms with Crippen molar-refractivity contribution in [2.75, 3.05) is 0 Å². The normalized spacial score (nSPS) is 12.8. The largest absolute Gasteiger partial charge is 0.523 e. The highest BCUT2D eigenvalue weighted by molar-refractivity contribution is 7.87. The summed E-state index contributed by atoms with van der Waals surface area (Å²) in [5.41, 5.74) is -4.70. The maximum atomic E-state index is 12.6. The summed E-state index contributed by atoms with van der Waals surface area (Å²) in [6.45, 7) is -0.581. The average molecular weight is 446 g/mol. The Kier molecular flexibility index (Phi) is 7.95. The van der Waals surface area contributed by atoms with Crippen LogP contribution in [0.15, 0.2) is 60.7 Å². The molecule has 0 saturated heterocycles. The van der Waals surface area contributed by atoms with E-state index in [1.807, 2.05) is 0 Å². The lowest BCUT2D eigenvalue weighted by molar-refractivity contribution is -0.160. The first kappa shape index (κ1) is 23.4. The molecule has 1 atom stereocenters. The molecule has 0 aromatic heterocycles. The van der Waals surface area contributed by atoms with Gasteiger partial charge in [0.05, 0.1) is 6.42 Å². The topological polar surface area (TPSA) is 96.0 Å². The molecule has 11 heteroatoms. The van der Waals surface area contributed by atoms with Crippen LogP contribution in [0.3, 0.4) is 0 Å². The zero-order valence-electron chi connectivity index (χ0n) is 15.4. The number of halogens is 3. The molecule has 162 valence electrons. The van der Waals surface area contributed by atoms with E-state index in [-0.39, 0.29) is 13.2 Å². The van der Waals surface area contributed by atoms with Crippen LogP contribution in [0, 0.1) is 0 Å². The molecule has 0 unspecified atom stereocenters. The van der Waals surface area contributed by atoms with Gasteiger partial charge in [0.25, 0.3) is 0 Å². The van der Waals surface area contributed by atoms with Gasteiger partial charge in [0.2, 0.25) is 0 Å². The van der Waals surface area contributed by atoms with Crippen LogP contribution in [0.25, 0.3) is 0 Å². The number of carbonyl (C=O) groups is 2. The van der Waals surface area contributed by atoms with Crippen molar-refractivity contribution in [2.45, 2.75) is 31.2 Å². The minimum atomic E-state index is -6.15. The lowest BCUT2D eigenvalue weighted by Crippen LogP contribution is -2.36. The smallest absolute Gasteiger partial charge is 0.461 e. The van der Waals surface area contributed by atoms with Gasteiger partial charge in [0, 0.05) is 0 Å². The van der Waals surface area contributed by atoms with Gasteiger partial charge in [-0.05, 0) is 11.1 Å². The van der Waals surface area contributed by atoms with Gasteiger partial charge in [-0.2, -0.15) is 21.6 Å². The fraction of sp³-hybridized carbons (Fsp3) is 0.263. The first-order valence-corrected chi connectivity index (χ1v) is 9.89. The van der Waals surface area contributed by atoms with Gasteiger partial charge in [-0.25, -0.2) is 8.98 Å². The van der Waals surface area contributed by atoms with Crippen molar-refractivity contribution in [3.63, 3.8) is 0 Å². The van der Waals surface area contributed by atoms with Crippen LogP contribution >= 0.6 is 0 Å². The van der Waals surface area contributed by atoms with Crippen LogP contribution in [0.2, 0.25) is 0 Å². The Labute approximate surface area is 170 Å². The number of carbonyl (C=O) groups excluding carboxylic acids is 2. The number of benzene rings is 2. The molecule has 0 heterocycles. The zero-order chi connectivity index (χ0) is 22.2. The molecular weight excluding hydrogens is 429 g/mol. The standard InChI is InChI=1S/C19H17F3O7S/c20-19(21,22)30(25,26)29-16(18(24)28-13-15-9-5-2-6-10-15)11-17(23)27-12-14-7-3-1-4-8-14/h1-10,16H,11-13H2/t16-/m0/s1. The Balaban J connectivity index is 2.05. The Morgan fingerprint density at radius 2 is 1.30 bits per heavy atom. The molecule has 0 aliphatic rings. The second-order valence-corrected chi connectivity index (χ2v) is 7.49. The van der Waals surface area contributed by atoms with Gasteiger partial charge in [0.15, 0.2) is 6.10 Å². The molecule has 2 aromatic rings. The first-order chi connectivity index (χ1) is 14.1. The number of ether oxygens (including phenoxy) is 2. The molecule has 0 aliphatic heterocycles. The molecular formula is C19H17F3O7S. The van der Waals surface area contributed by atoms with E-state index in [0.29, 0.717) is 11.1 Å². The molecule has 0 bridgehead atoms. The number of hydrogen-bond acceptors (Lipinski definition) is 7. The predicted octanol–water partition coefficient (Wildman–Crippen LogP) is 3.10. The second-order valence-electron chi connectivity index (χ2n) is 5.93. The van der Waals surface area contributed by atoms with Crippen molar-refractivity contribution in [1.82, 2.24) is 0 Å². The quantitative estimate of drug-likeness (QED) is 0.332. The lowest BCUT2D eigenvalue weighted by Gasteiger charge is -2.17. The van der Waals surface area contributed by atoms with Gasteiger partial charge in [0.1, 0.15) is 13.2 Å². The van der Waals surface area contributed by atoms with Crippen molar-refractivity contribution in [1.29, 1.82) is 0 Å². The monoisotopic (exact) mass is 446 g/mol. The maximum absolute atomic E-state index is 12.6. The zero-order valence-corrected chi connectivity index (χ0v) is 16.2. The third-order valence-corrected chi connectivity index (χ3v) is 4.66. The van der Waals surface area contributed by atoms with Crippen molar-refractivity contribution < 1.29 is 44.8 Å². The Morgan fingerprint density at radius 1 is 0.833 bits per heavy atom. The van der Waals surface area contributed by atoms with Crippen LogP contribution in [0.1, 0.15) is 17.5 Å². The Morgan fingerprint density at radius 3 is 1.77 bits per heavy atom. The average Bonchev–Trinajstić information content (AvgIpc) is 2.70. The van der Waals surface area contributed by atoms with Crippen LogP contribution in [0.5, 0.6) is 0 Å². The van der Waals surface area contributed by atoms with E-state index in [4.69, 9.17) is 9.47 Å². The van der Waals surface area contributed by atoms with E-state index in [0.717, 1.165) is 0 Å². The van der Waals surface area contributed by atoms with E-state index in [2.05, 4.69) is 4.18 Å². The summed E-state index contributed by atoms with van der Waals surface area (Å²) in [6.07, 6.45) is -3.45. The molecule has 0 saturated carbocycles. The summed E-state index contributed by atoms with van der Waals surface area (Å²) >= 11 is 0. The summed E-state index contributed by atoms with van der Waals surface area (Å²) in [5, 5.41) is 0. The maximum Gasteiger partial charge on any atom is 0.523 e. The third-order valence-electron chi connectivity index (χ3n) is 3.61. The SMILES string of the molecule is O=C(C[C@H](OS(=O)(=O)C(F)(F)F)C(=O)OCc1ccccc1)OCc1ccccc1. The predicted molar refractivity (Wildman–Crippen MR) is 96.9 cm³/mol. The number of esters is 2. The van der Waals surface area contributed by atoms with E-state index >= 15 is 0 Å². The summed E-state index contributed by atoms with van der Waals surface area (Å²) in [4.78, 5) is 24.1. The molecule has 0 radical (unpaired) electrons. The molecule has 0 amide bonds. The summed E-state index contributed by atoms with van der Waals surface area (Å²) < 4.78 is 74.1. The first-order valence-electron chi connectivity index (χ1n) is 8.48. The molecule has 2 rings (SSSR count). The van der Waals surface area contributed by atoms with E-state index in [9.17, 15) is 31.2 Å². The number of rotatable bonds is 9. The van der Waals surface area contributed by atoms with Gasteiger partial charge in [-0.15, -0.1) is 0 Å². The van der Waals surface area contributed by atoms with E-state index in [1.54, 1.807) is 60.7 Å². The van der Waals surface area contributed by atoms with E-state index < -0.39 is 40.1 Å². The highest BCUT2D eigenvalue weighted by Gasteiger charge is 2.50. The number of hydrogen-bond donors (Lipinski definition) is 0. The van der Waals surface area contributed by atoms with Crippen LogP contribution in [-0.4, -0.2) is 32.0 Å². The van der Waals surface area contributed by atoms with Crippen LogP contribution in [-0.2, 0) is 46.6 Å². The summed E-state index contributed by atoms with van der Waals surface area (Å²) in [6, 6.07) is 16.4. The molecule has 0 spiro atoms. The summed E-state index contributed by atoms with van der Waals surface area (Å²) in [7, 11) is -6.15. The van der Waals surface area contributed by atoms with Crippen molar-refractivity contribution in [2.24, 2.45) is 0 Å². The molecule has 0 aliphatic carbocycles. The molecule has 7 nitrogen and oxygen atoms in total. The lowest BCUT2D eigenvalue weighted by atomic mass is 10.2. The van der Waals surface area contributed by atoms with Gasteiger partial charge in [-0.1, -0.05) is 60.7 Å². The molecule has 0 N–H and O–H groups in total. The Bertz CT molecular complexity index is 945. The molecule has 0 fully saturated rings. The molecule has 30 heavy (non-hydrogen) atoms. The van der Waals surface area contributed by atoms with E-state index in [1.165, 1.54) is 0 Å². The highest BCUT2D eigenvalue weighted by Crippen LogP contribution is 2.27. The number of alkyl halides is 3. The highest BCUT2D eigenvalue weighted by atomic mass is 32.2. The minimum Gasteiger partial charge on any atom is -0.461 e. The van der Waals surface area contributed by atoms with Crippen molar-refractivity contribution in [3.05, 3.63) is 71.8 Å². The fourth-order valence-electron chi connectivity index (χ4n) is 2.13. The third kappa shape index (κ3) is 7.16. The van der Waals surface area contributed by atoms with Gasteiger partial charge in [-0.3, -0.25) is 4.79 Å². The minimum absolute atomic E-state index is 0.225. The fourth-order valence-corrected chi connectivity index (χ4v) is 2.70. The van der Waals surface area contributed by atoms with Crippen molar-refractivity contribution in [3.8, 4) is 0 Å². The van der Waals surface area contributed by atoms with Crippen LogP contribution in [0.4, 0.5) is 13.2 Å². The van der Waals surface area contributed by atoms with Gasteiger partial charge >= 0.3 is 27.6 Å². The second kappa shape index (κ2) is 10.2. The molecule has 2 aromatic carbocycles. The van der Waals surface area contributed by atoms with Crippen LogP contribution < -0.4 is 0 Å². The van der Waals surface area contributed by atoms with Crippen molar-refractivity contribution >= 4 is 22.1 Å².